The molecular weight excluding hydrogens is 388 g/mol. The number of aromatic nitrogens is 6. The summed E-state index contributed by atoms with van der Waals surface area (Å²) in [6, 6.07) is 19.4. The summed E-state index contributed by atoms with van der Waals surface area (Å²) < 4.78 is 0. The fourth-order valence-corrected chi connectivity index (χ4v) is 3.84. The molecule has 0 unspecified atom stereocenters. The highest BCUT2D eigenvalue weighted by molar-refractivity contribution is 6.03. The highest BCUT2D eigenvalue weighted by atomic mass is 16.1. The molecule has 4 heterocycles. The van der Waals surface area contributed by atoms with Crippen LogP contribution < -0.4 is 0 Å². The molecule has 31 heavy (non-hydrogen) atoms. The summed E-state index contributed by atoms with van der Waals surface area (Å²) >= 11 is 0. The van der Waals surface area contributed by atoms with E-state index in [0.717, 1.165) is 49.8 Å². The van der Waals surface area contributed by atoms with Gasteiger partial charge in [0.1, 0.15) is 5.69 Å². The van der Waals surface area contributed by atoms with Gasteiger partial charge in [0.2, 0.25) is 5.78 Å². The third-order valence-corrected chi connectivity index (χ3v) is 5.38. The largest absolute Gasteiger partial charge is 0.335 e. The van der Waals surface area contributed by atoms with Crippen LogP contribution in [0.25, 0.3) is 44.1 Å². The minimum atomic E-state index is -0.102. The van der Waals surface area contributed by atoms with Crippen molar-refractivity contribution in [2.24, 2.45) is 0 Å². The number of imidazole rings is 1. The first-order valence-corrected chi connectivity index (χ1v) is 9.91. The minimum absolute atomic E-state index is 0.102. The molecule has 0 bridgehead atoms. The first kappa shape index (κ1) is 17.5. The lowest BCUT2D eigenvalue weighted by Gasteiger charge is -2.01. The number of benzene rings is 2. The number of nitrogens with zero attached hydrogens (tertiary/aromatic N) is 4. The normalized spacial score (nSPS) is 11.5. The van der Waals surface area contributed by atoms with Crippen molar-refractivity contribution in [3.05, 3.63) is 84.6 Å². The first-order valence-electron chi connectivity index (χ1n) is 9.91. The zero-order valence-corrected chi connectivity index (χ0v) is 16.3. The molecule has 0 aliphatic heterocycles. The Kier molecular flexibility index (Phi) is 3.86. The number of ketones is 1. The van der Waals surface area contributed by atoms with Crippen LogP contribution in [-0.2, 0) is 6.42 Å². The van der Waals surface area contributed by atoms with E-state index in [9.17, 15) is 4.79 Å². The van der Waals surface area contributed by atoms with Crippen LogP contribution in [0.2, 0.25) is 0 Å². The van der Waals surface area contributed by atoms with E-state index >= 15 is 0 Å². The SMILES string of the molecule is O=C(Cc1ccc2ccccc2n1)c1nc2cc3c(-c4ccncc4)n[nH]c3cc2[nH]1. The number of nitrogens with one attached hydrogen (secondary N) is 2. The van der Waals surface area contributed by atoms with Crippen molar-refractivity contribution in [1.29, 1.82) is 0 Å². The van der Waals surface area contributed by atoms with Crippen LogP contribution in [0.5, 0.6) is 0 Å². The molecule has 4 aromatic heterocycles. The predicted molar refractivity (Wildman–Crippen MR) is 119 cm³/mol. The van der Waals surface area contributed by atoms with Crippen molar-refractivity contribution in [1.82, 2.24) is 30.1 Å². The molecule has 0 aliphatic rings. The molecular formula is C24H16N6O. The van der Waals surface area contributed by atoms with Gasteiger partial charge in [-0.2, -0.15) is 5.10 Å². The number of carbonyl (C=O) groups excluding carboxylic acids is 1. The van der Waals surface area contributed by atoms with Gasteiger partial charge in [0.15, 0.2) is 5.82 Å². The molecule has 0 radical (unpaired) electrons. The van der Waals surface area contributed by atoms with Gasteiger partial charge in [-0.3, -0.25) is 19.9 Å². The third kappa shape index (κ3) is 3.03. The predicted octanol–water partition coefficient (Wildman–Crippen LogP) is 4.47. The number of para-hydroxylation sites is 1. The molecule has 0 saturated heterocycles. The second kappa shape index (κ2) is 6.84. The van der Waals surface area contributed by atoms with Crippen LogP contribution in [0.3, 0.4) is 0 Å². The average molecular weight is 404 g/mol. The molecule has 0 aliphatic carbocycles. The zero-order valence-electron chi connectivity index (χ0n) is 16.3. The highest BCUT2D eigenvalue weighted by Gasteiger charge is 2.16. The number of pyridine rings is 2. The van der Waals surface area contributed by atoms with E-state index in [1.54, 1.807) is 12.4 Å². The van der Waals surface area contributed by atoms with Crippen LogP contribution >= 0.6 is 0 Å². The summed E-state index contributed by atoms with van der Waals surface area (Å²) in [5, 5.41) is 9.49. The van der Waals surface area contributed by atoms with Gasteiger partial charge >= 0.3 is 0 Å². The van der Waals surface area contributed by atoms with Crippen LogP contribution in [0.1, 0.15) is 16.3 Å². The Labute approximate surface area is 176 Å². The quantitative estimate of drug-likeness (QED) is 0.422. The Balaban J connectivity index is 1.35. The van der Waals surface area contributed by atoms with E-state index in [4.69, 9.17) is 0 Å². The number of rotatable bonds is 4. The fourth-order valence-electron chi connectivity index (χ4n) is 3.84. The second-order valence-electron chi connectivity index (χ2n) is 7.40. The average Bonchev–Trinajstić information content (AvgIpc) is 3.41. The van der Waals surface area contributed by atoms with E-state index in [-0.39, 0.29) is 12.2 Å². The number of hydrogen-bond donors (Lipinski definition) is 2. The maximum Gasteiger partial charge on any atom is 0.204 e. The lowest BCUT2D eigenvalue weighted by atomic mass is 10.1. The van der Waals surface area contributed by atoms with Crippen LogP contribution in [0, 0.1) is 0 Å². The van der Waals surface area contributed by atoms with Crippen molar-refractivity contribution in [3.8, 4) is 11.3 Å². The minimum Gasteiger partial charge on any atom is -0.335 e. The van der Waals surface area contributed by atoms with Crippen LogP contribution in [0.4, 0.5) is 0 Å². The van der Waals surface area contributed by atoms with Gasteiger partial charge in [-0.15, -0.1) is 0 Å². The zero-order chi connectivity index (χ0) is 20.8. The van der Waals surface area contributed by atoms with E-state index in [1.165, 1.54) is 0 Å². The smallest absolute Gasteiger partial charge is 0.204 e. The number of hydrogen-bond acceptors (Lipinski definition) is 5. The Bertz CT molecular complexity index is 1580. The number of carbonyl (C=O) groups is 1. The van der Waals surface area contributed by atoms with Crippen molar-refractivity contribution in [3.63, 3.8) is 0 Å². The Morgan fingerprint density at radius 2 is 1.74 bits per heavy atom. The second-order valence-corrected chi connectivity index (χ2v) is 7.40. The lowest BCUT2D eigenvalue weighted by Crippen LogP contribution is -2.07. The summed E-state index contributed by atoms with van der Waals surface area (Å²) in [5.74, 6) is 0.228. The van der Waals surface area contributed by atoms with Crippen LogP contribution in [0.15, 0.2) is 73.1 Å². The number of H-pyrrole nitrogens is 2. The van der Waals surface area contributed by atoms with E-state index in [2.05, 4.69) is 30.1 Å². The third-order valence-electron chi connectivity index (χ3n) is 5.38. The molecule has 0 amide bonds. The van der Waals surface area contributed by atoms with Gasteiger partial charge in [-0.25, -0.2) is 4.98 Å². The van der Waals surface area contributed by atoms with Gasteiger partial charge in [-0.1, -0.05) is 24.3 Å². The van der Waals surface area contributed by atoms with Gasteiger partial charge < -0.3 is 4.98 Å². The molecule has 7 heteroatoms. The van der Waals surface area contributed by atoms with E-state index in [0.29, 0.717) is 5.82 Å². The number of fused-ring (bicyclic) bond motifs is 3. The maximum absolute atomic E-state index is 12.9. The lowest BCUT2D eigenvalue weighted by molar-refractivity contribution is 0.0983. The van der Waals surface area contributed by atoms with Crippen molar-refractivity contribution < 1.29 is 4.79 Å². The Morgan fingerprint density at radius 1 is 0.871 bits per heavy atom. The van der Waals surface area contributed by atoms with Crippen molar-refractivity contribution in [2.45, 2.75) is 6.42 Å². The molecule has 2 N–H and O–H groups in total. The first-order chi connectivity index (χ1) is 15.2. The molecule has 6 aromatic rings. The number of aromatic amines is 2. The van der Waals surface area contributed by atoms with Gasteiger partial charge in [0.05, 0.1) is 28.5 Å². The molecule has 0 atom stereocenters. The summed E-state index contributed by atoms with van der Waals surface area (Å²) in [4.78, 5) is 29.2. The molecule has 0 spiro atoms. The topological polar surface area (TPSA) is 100 Å². The molecule has 148 valence electrons. The standard InChI is InChI=1S/C24H16N6O/c31-22(11-16-6-5-14-3-1-2-4-18(14)26-16)24-27-20-12-17-19(13-21(20)28-24)29-30-23(17)15-7-9-25-10-8-15/h1-10,12-13H,11H2,(H,27,28)(H,29,30). The molecule has 7 nitrogen and oxygen atoms in total. The maximum atomic E-state index is 12.9. The summed E-state index contributed by atoms with van der Waals surface area (Å²) in [7, 11) is 0. The van der Waals surface area contributed by atoms with Gasteiger partial charge in [0.25, 0.3) is 0 Å². The Hall–Kier alpha value is -4.39. The summed E-state index contributed by atoms with van der Waals surface area (Å²) in [6.45, 7) is 0. The summed E-state index contributed by atoms with van der Waals surface area (Å²) in [5.41, 5.74) is 5.78. The van der Waals surface area contributed by atoms with E-state index < -0.39 is 0 Å². The monoisotopic (exact) mass is 404 g/mol. The van der Waals surface area contributed by atoms with Gasteiger partial charge in [-0.05, 0) is 36.4 Å². The Morgan fingerprint density at radius 3 is 2.65 bits per heavy atom. The van der Waals surface area contributed by atoms with Crippen LogP contribution in [-0.4, -0.2) is 35.9 Å². The molecule has 6 rings (SSSR count). The van der Waals surface area contributed by atoms with Crippen molar-refractivity contribution in [2.75, 3.05) is 0 Å². The van der Waals surface area contributed by atoms with E-state index in [1.807, 2.05) is 60.7 Å². The fraction of sp³-hybridized carbons (Fsp3) is 0.0417. The molecule has 0 saturated carbocycles. The van der Waals surface area contributed by atoms with Gasteiger partial charge in [0, 0.05) is 34.4 Å². The summed E-state index contributed by atoms with van der Waals surface area (Å²) in [6.07, 6.45) is 3.66. The highest BCUT2D eigenvalue weighted by Crippen LogP contribution is 2.29. The number of Topliss-reactive ketones (excluding diaryl/α,β-unsaturated/α-hetero) is 1. The molecule has 0 fully saturated rings. The van der Waals surface area contributed by atoms with Crippen molar-refractivity contribution >= 4 is 38.6 Å². The molecule has 2 aromatic carbocycles.